The first kappa shape index (κ1) is 20.0. The Labute approximate surface area is 166 Å². The molecule has 2 heterocycles. The van der Waals surface area contributed by atoms with Crippen molar-refractivity contribution in [2.24, 2.45) is 11.7 Å². The molecule has 28 heavy (non-hydrogen) atoms. The van der Waals surface area contributed by atoms with Crippen molar-refractivity contribution in [3.63, 3.8) is 0 Å². The number of aryl methyl sites for hydroxylation is 2. The van der Waals surface area contributed by atoms with E-state index in [9.17, 15) is 19.7 Å². The summed E-state index contributed by atoms with van der Waals surface area (Å²) in [5, 5.41) is 18.0. The highest BCUT2D eigenvalue weighted by molar-refractivity contribution is 7.17. The van der Waals surface area contributed by atoms with Gasteiger partial charge < -0.3 is 21.2 Å². The average Bonchev–Trinajstić information content (AvgIpc) is 3.14. The van der Waals surface area contributed by atoms with E-state index in [-0.39, 0.29) is 18.1 Å². The first-order valence-electron chi connectivity index (χ1n) is 9.19. The maximum absolute atomic E-state index is 12.4. The molecule has 9 nitrogen and oxygen atoms in total. The molecule has 0 radical (unpaired) electrons. The summed E-state index contributed by atoms with van der Waals surface area (Å²) in [5.74, 6) is -0.376. The second kappa shape index (κ2) is 8.09. The summed E-state index contributed by atoms with van der Waals surface area (Å²) >= 11 is 1.44. The number of hydrogen-bond donors (Lipinski definition) is 2. The van der Waals surface area contributed by atoms with Crippen LogP contribution in [0.5, 0.6) is 0 Å². The first-order chi connectivity index (χ1) is 13.3. The molecular weight excluding hydrogens is 382 g/mol. The third-order valence-electron chi connectivity index (χ3n) is 4.94. The van der Waals surface area contributed by atoms with Gasteiger partial charge in [-0.05, 0) is 49.0 Å². The van der Waals surface area contributed by atoms with Gasteiger partial charge in [-0.2, -0.15) is 4.68 Å². The zero-order valence-electron chi connectivity index (χ0n) is 15.9. The molecular formula is C18H23N5O4S. The maximum Gasteiger partial charge on any atom is 0.390 e. The lowest BCUT2D eigenvalue weighted by molar-refractivity contribution is -0.389. The van der Waals surface area contributed by atoms with Crippen LogP contribution < -0.4 is 11.1 Å². The number of rotatable bonds is 7. The van der Waals surface area contributed by atoms with Gasteiger partial charge in [0.1, 0.15) is 5.00 Å². The number of fused-ring (bicyclic) bond motifs is 1. The molecule has 0 aromatic carbocycles. The van der Waals surface area contributed by atoms with Crippen LogP contribution in [0, 0.1) is 23.0 Å². The van der Waals surface area contributed by atoms with Crippen LogP contribution in [0.3, 0.4) is 0 Å². The van der Waals surface area contributed by atoms with E-state index in [0.717, 1.165) is 29.7 Å². The predicted octanol–water partition coefficient (Wildman–Crippen LogP) is 2.80. The van der Waals surface area contributed by atoms with E-state index in [1.165, 1.54) is 22.1 Å². The molecule has 0 fully saturated rings. The van der Waals surface area contributed by atoms with Gasteiger partial charge in [0.05, 0.1) is 29.0 Å². The third-order valence-corrected chi connectivity index (χ3v) is 6.11. The Hall–Kier alpha value is -2.75. The predicted molar refractivity (Wildman–Crippen MR) is 106 cm³/mol. The van der Waals surface area contributed by atoms with Crippen LogP contribution >= 0.6 is 11.3 Å². The molecule has 3 N–H and O–H groups in total. The van der Waals surface area contributed by atoms with Gasteiger partial charge in [-0.3, -0.25) is 9.59 Å². The summed E-state index contributed by atoms with van der Waals surface area (Å²) in [5.41, 5.74) is 7.65. The van der Waals surface area contributed by atoms with Crippen molar-refractivity contribution in [1.29, 1.82) is 0 Å². The van der Waals surface area contributed by atoms with Crippen molar-refractivity contribution in [3.05, 3.63) is 37.9 Å². The number of nitrogens with two attached hydrogens (primary N) is 1. The molecule has 0 saturated carbocycles. The minimum Gasteiger partial charge on any atom is -0.365 e. The molecule has 3 rings (SSSR count). The molecule has 2 aromatic heterocycles. The molecule has 2 aromatic rings. The average molecular weight is 405 g/mol. The maximum atomic E-state index is 12.4. The molecule has 1 aliphatic rings. The number of nitrogens with zero attached hydrogens (tertiary/aromatic N) is 3. The van der Waals surface area contributed by atoms with Crippen molar-refractivity contribution < 1.29 is 14.5 Å². The van der Waals surface area contributed by atoms with E-state index in [0.29, 0.717) is 35.1 Å². The number of anilines is 1. The van der Waals surface area contributed by atoms with Gasteiger partial charge in [-0.25, -0.2) is 0 Å². The fourth-order valence-corrected chi connectivity index (χ4v) is 4.92. The highest BCUT2D eigenvalue weighted by Crippen LogP contribution is 2.39. The highest BCUT2D eigenvalue weighted by atomic mass is 32.1. The number of carbonyl (C=O) groups is 2. The van der Waals surface area contributed by atoms with Crippen LogP contribution in [-0.2, 0) is 24.2 Å². The van der Waals surface area contributed by atoms with Crippen LogP contribution in [-0.4, -0.2) is 26.5 Å². The number of amides is 2. The number of nitrogens with one attached hydrogen (secondary N) is 1. The van der Waals surface area contributed by atoms with Gasteiger partial charge in [0.25, 0.3) is 5.91 Å². The summed E-state index contributed by atoms with van der Waals surface area (Å²) in [6.45, 7) is 4.30. The Bertz CT molecular complexity index is 933. The summed E-state index contributed by atoms with van der Waals surface area (Å²) in [7, 11) is 0. The molecule has 1 aliphatic carbocycles. The SMILES string of the molecule is Cc1cc([N+](=O)[O-])nn1CCCC(=O)Nc1sc2c(c1C(N)=O)CC[C@@H](C)C2. The number of primary amides is 1. The Morgan fingerprint density at radius 1 is 1.50 bits per heavy atom. The standard InChI is InChI=1S/C18H23N5O4S/c1-10-5-6-12-13(8-10)28-18(16(12)17(19)25)20-15(24)4-3-7-22-11(2)9-14(21-22)23(26)27/h9-10H,3-8H2,1-2H3,(H2,19,25)(H,20,24)/t10-/m1/s1. The third kappa shape index (κ3) is 4.22. The lowest BCUT2D eigenvalue weighted by atomic mass is 9.88. The van der Waals surface area contributed by atoms with Crippen LogP contribution in [0.2, 0.25) is 0 Å². The van der Waals surface area contributed by atoms with Gasteiger partial charge in [0.15, 0.2) is 0 Å². The highest BCUT2D eigenvalue weighted by Gasteiger charge is 2.27. The van der Waals surface area contributed by atoms with E-state index in [2.05, 4.69) is 17.3 Å². The Kier molecular flexibility index (Phi) is 5.78. The van der Waals surface area contributed by atoms with Gasteiger partial charge >= 0.3 is 5.82 Å². The van der Waals surface area contributed by atoms with Gasteiger partial charge in [0.2, 0.25) is 5.91 Å². The minimum absolute atomic E-state index is 0.202. The van der Waals surface area contributed by atoms with Crippen LogP contribution in [0.25, 0.3) is 0 Å². The summed E-state index contributed by atoms with van der Waals surface area (Å²) in [6.07, 6.45) is 3.39. The van der Waals surface area contributed by atoms with Crippen LogP contribution in [0.1, 0.15) is 52.7 Å². The fourth-order valence-electron chi connectivity index (χ4n) is 3.49. The second-order valence-corrected chi connectivity index (χ2v) is 8.30. The summed E-state index contributed by atoms with van der Waals surface area (Å²) < 4.78 is 1.52. The Morgan fingerprint density at radius 2 is 2.25 bits per heavy atom. The largest absolute Gasteiger partial charge is 0.390 e. The molecule has 2 amide bonds. The van der Waals surface area contributed by atoms with Gasteiger partial charge in [-0.1, -0.05) is 6.92 Å². The molecule has 10 heteroatoms. The molecule has 0 saturated heterocycles. The molecule has 150 valence electrons. The first-order valence-corrected chi connectivity index (χ1v) is 10.0. The van der Waals surface area contributed by atoms with Gasteiger partial charge in [-0.15, -0.1) is 11.3 Å². The van der Waals surface area contributed by atoms with Crippen molar-refractivity contribution in [3.8, 4) is 0 Å². The number of carbonyl (C=O) groups excluding carboxylic acids is 2. The monoisotopic (exact) mass is 405 g/mol. The quantitative estimate of drug-likeness (QED) is 0.540. The molecule has 0 bridgehead atoms. The lowest BCUT2D eigenvalue weighted by Crippen LogP contribution is -2.19. The van der Waals surface area contributed by atoms with E-state index in [4.69, 9.17) is 5.73 Å². The number of aromatic nitrogens is 2. The van der Waals surface area contributed by atoms with Crippen molar-refractivity contribution >= 4 is 34.0 Å². The zero-order chi connectivity index (χ0) is 20.4. The zero-order valence-corrected chi connectivity index (χ0v) is 16.7. The summed E-state index contributed by atoms with van der Waals surface area (Å²) in [6, 6.07) is 1.40. The minimum atomic E-state index is -0.541. The Balaban J connectivity index is 1.62. The summed E-state index contributed by atoms with van der Waals surface area (Å²) in [4.78, 5) is 35.6. The fraction of sp³-hybridized carbons (Fsp3) is 0.500. The number of hydrogen-bond acceptors (Lipinski definition) is 6. The molecule has 0 unspecified atom stereocenters. The van der Waals surface area contributed by atoms with E-state index >= 15 is 0 Å². The lowest BCUT2D eigenvalue weighted by Gasteiger charge is -2.18. The van der Waals surface area contributed by atoms with Crippen molar-refractivity contribution in [2.45, 2.75) is 52.5 Å². The second-order valence-electron chi connectivity index (χ2n) is 7.20. The molecule has 0 spiro atoms. The molecule has 0 aliphatic heterocycles. The van der Waals surface area contributed by atoms with Crippen LogP contribution in [0.4, 0.5) is 10.8 Å². The van der Waals surface area contributed by atoms with E-state index < -0.39 is 10.8 Å². The van der Waals surface area contributed by atoms with E-state index in [1.54, 1.807) is 6.92 Å². The van der Waals surface area contributed by atoms with Crippen LogP contribution in [0.15, 0.2) is 6.07 Å². The van der Waals surface area contributed by atoms with Crippen molar-refractivity contribution in [1.82, 2.24) is 9.78 Å². The van der Waals surface area contributed by atoms with E-state index in [1.807, 2.05) is 0 Å². The van der Waals surface area contributed by atoms with Gasteiger partial charge in [0, 0.05) is 11.3 Å². The topological polar surface area (TPSA) is 133 Å². The number of nitro groups is 1. The molecule has 1 atom stereocenters. The smallest absolute Gasteiger partial charge is 0.365 e. The van der Waals surface area contributed by atoms with Crippen molar-refractivity contribution in [2.75, 3.05) is 5.32 Å². The Morgan fingerprint density at radius 3 is 2.89 bits per heavy atom. The number of thiophene rings is 1. The normalized spacial score (nSPS) is 15.9.